The van der Waals surface area contributed by atoms with E-state index in [0.717, 1.165) is 0 Å². The molecule has 0 unspecified atom stereocenters. The van der Waals surface area contributed by atoms with E-state index in [1.165, 1.54) is 24.4 Å². The Balaban J connectivity index is 1.58. The van der Waals surface area contributed by atoms with Gasteiger partial charge in [-0.25, -0.2) is 15.0 Å². The summed E-state index contributed by atoms with van der Waals surface area (Å²) in [6, 6.07) is 11.2. The van der Waals surface area contributed by atoms with Crippen LogP contribution in [0.4, 0.5) is 10.1 Å². The minimum absolute atomic E-state index is 0.0608. The largest absolute Gasteiger partial charge is 0.465 e. The summed E-state index contributed by atoms with van der Waals surface area (Å²) in [5.74, 6) is -1.10. The summed E-state index contributed by atoms with van der Waals surface area (Å²) in [5.41, 5.74) is 6.56. The number of amidine groups is 1. The Morgan fingerprint density at radius 2 is 2.12 bits per heavy atom. The zero-order chi connectivity index (χ0) is 23.2. The van der Waals surface area contributed by atoms with E-state index in [4.69, 9.17) is 32.1 Å². The van der Waals surface area contributed by atoms with Crippen molar-refractivity contribution in [3.63, 3.8) is 0 Å². The molecule has 0 fully saturated rings. The van der Waals surface area contributed by atoms with Crippen LogP contribution >= 0.6 is 11.6 Å². The second kappa shape index (κ2) is 7.72. The van der Waals surface area contributed by atoms with E-state index in [1.807, 2.05) is 6.07 Å². The molecule has 2 aliphatic rings. The first-order valence-electron chi connectivity index (χ1n) is 9.74. The molecule has 1 spiro atoms. The molecular weight excluding hydrogens is 451 g/mol. The molecule has 5 rings (SSSR count). The van der Waals surface area contributed by atoms with E-state index in [-0.39, 0.29) is 29.2 Å². The number of nitrogens with zero attached hydrogens (tertiary/aromatic N) is 4. The molecule has 1 atom stereocenters. The number of benzene rings is 1. The van der Waals surface area contributed by atoms with Crippen molar-refractivity contribution in [2.75, 3.05) is 11.9 Å². The lowest BCUT2D eigenvalue weighted by atomic mass is 9.78. The molecule has 3 N–H and O–H groups in total. The number of carbonyl (C=O) groups is 1. The molecule has 9 nitrogen and oxygen atoms in total. The van der Waals surface area contributed by atoms with Gasteiger partial charge in [0.25, 0.3) is 17.9 Å². The van der Waals surface area contributed by atoms with Crippen LogP contribution in [0.1, 0.15) is 33.6 Å². The number of nitriles is 1. The van der Waals surface area contributed by atoms with E-state index in [1.54, 1.807) is 18.2 Å². The van der Waals surface area contributed by atoms with Crippen molar-refractivity contribution in [3.8, 4) is 17.6 Å². The first-order chi connectivity index (χ1) is 15.9. The summed E-state index contributed by atoms with van der Waals surface area (Å²) in [6.07, 6.45) is 1.64. The van der Waals surface area contributed by atoms with Crippen molar-refractivity contribution in [1.29, 1.82) is 5.26 Å². The van der Waals surface area contributed by atoms with Crippen molar-refractivity contribution in [1.82, 2.24) is 9.97 Å². The number of halogens is 2. The Morgan fingerprint density at radius 1 is 1.27 bits per heavy atom. The summed E-state index contributed by atoms with van der Waals surface area (Å²) in [7, 11) is 0. The first-order valence-corrected chi connectivity index (χ1v) is 10.1. The van der Waals surface area contributed by atoms with E-state index < -0.39 is 17.4 Å². The van der Waals surface area contributed by atoms with Gasteiger partial charge in [0.1, 0.15) is 28.2 Å². The number of carbonyl (C=O) groups excluding carboxylic acids is 1. The second-order valence-electron chi connectivity index (χ2n) is 7.33. The highest BCUT2D eigenvalue weighted by molar-refractivity contribution is 6.29. The van der Waals surface area contributed by atoms with Crippen molar-refractivity contribution in [2.24, 2.45) is 10.7 Å². The maximum Gasteiger partial charge on any atom is 0.283 e. The van der Waals surface area contributed by atoms with Gasteiger partial charge in [0.2, 0.25) is 0 Å². The fraction of sp³-hybridized carbons (Fsp3) is 0.136. The predicted octanol–water partition coefficient (Wildman–Crippen LogP) is 3.48. The van der Waals surface area contributed by atoms with Gasteiger partial charge >= 0.3 is 0 Å². The number of anilines is 1. The van der Waals surface area contributed by atoms with Crippen molar-refractivity contribution >= 4 is 29.2 Å². The van der Waals surface area contributed by atoms with Crippen LogP contribution in [0.15, 0.2) is 47.6 Å². The summed E-state index contributed by atoms with van der Waals surface area (Å²) >= 11 is 6.04. The lowest BCUT2D eigenvalue weighted by Gasteiger charge is -2.39. The molecule has 3 aromatic rings. The molecule has 1 amide bonds. The number of pyridine rings is 2. The molecule has 0 saturated heterocycles. The fourth-order valence-electron chi connectivity index (χ4n) is 3.91. The van der Waals surface area contributed by atoms with E-state index >= 15 is 0 Å². The number of rotatable bonds is 2. The van der Waals surface area contributed by atoms with Gasteiger partial charge in [-0.2, -0.15) is 9.65 Å². The van der Waals surface area contributed by atoms with Crippen LogP contribution in [0.3, 0.4) is 0 Å². The van der Waals surface area contributed by atoms with Gasteiger partial charge in [-0.15, -0.1) is 0 Å². The normalized spacial score (nSPS) is 18.2. The van der Waals surface area contributed by atoms with E-state index in [9.17, 15) is 9.18 Å². The smallest absolute Gasteiger partial charge is 0.283 e. The lowest BCUT2D eigenvalue weighted by Crippen LogP contribution is -2.39. The number of fused-ring (bicyclic) bond motifs is 4. The maximum absolute atomic E-state index is 14.6. The molecule has 0 bridgehead atoms. The number of nitrogens with two attached hydrogens (primary N) is 1. The van der Waals surface area contributed by atoms with Crippen LogP contribution < -0.4 is 15.8 Å². The third-order valence-corrected chi connectivity index (χ3v) is 5.57. The van der Waals surface area contributed by atoms with Gasteiger partial charge in [-0.3, -0.25) is 4.79 Å². The van der Waals surface area contributed by atoms with Gasteiger partial charge in [0.15, 0.2) is 5.75 Å². The van der Waals surface area contributed by atoms with Crippen LogP contribution in [0.5, 0.6) is 11.5 Å². The second-order valence-corrected chi connectivity index (χ2v) is 7.72. The predicted molar refractivity (Wildman–Crippen MR) is 116 cm³/mol. The van der Waals surface area contributed by atoms with Gasteiger partial charge in [0.05, 0.1) is 12.2 Å². The molecule has 0 radical (unpaired) electrons. The highest BCUT2D eigenvalue weighted by Gasteiger charge is 2.46. The third-order valence-electron chi connectivity index (χ3n) is 5.38. The van der Waals surface area contributed by atoms with Crippen LogP contribution in [0, 0.1) is 17.3 Å². The number of nitrogens with one attached hydrogen (secondary N) is 1. The molecule has 2 aliphatic heterocycles. The third kappa shape index (κ3) is 3.48. The molecule has 0 aliphatic carbocycles. The molecule has 2 aromatic heterocycles. The average molecular weight is 465 g/mol. The number of amides is 1. The van der Waals surface area contributed by atoms with E-state index in [0.29, 0.717) is 34.5 Å². The molecule has 0 saturated carbocycles. The van der Waals surface area contributed by atoms with Gasteiger partial charge < -0.3 is 20.5 Å². The SMILES string of the molecule is N#Cc1ccc(C(=O)Nc2ccc3c(c2)[C@@]2(CCOC(N)=N2)c2cc(Cl)nc(F)c2O3)nc1. The van der Waals surface area contributed by atoms with Gasteiger partial charge in [-0.05, 0) is 36.4 Å². The zero-order valence-electron chi connectivity index (χ0n) is 16.8. The van der Waals surface area contributed by atoms with E-state index in [2.05, 4.69) is 20.3 Å². The summed E-state index contributed by atoms with van der Waals surface area (Å²) in [4.78, 5) is 24.8. The number of hydrogen-bond donors (Lipinski definition) is 2. The molecule has 164 valence electrons. The van der Waals surface area contributed by atoms with Crippen LogP contribution in [-0.4, -0.2) is 28.5 Å². The summed E-state index contributed by atoms with van der Waals surface area (Å²) in [6.45, 7) is 0.224. The average Bonchev–Trinajstić information content (AvgIpc) is 2.80. The number of aliphatic imine (C=N–C) groups is 1. The fourth-order valence-corrected chi connectivity index (χ4v) is 4.09. The van der Waals surface area contributed by atoms with Crippen LogP contribution in [0.2, 0.25) is 5.15 Å². The molecular formula is C22H14ClFN6O3. The monoisotopic (exact) mass is 464 g/mol. The first kappa shape index (κ1) is 20.7. The van der Waals surface area contributed by atoms with Crippen molar-refractivity contribution < 1.29 is 18.7 Å². The molecule has 33 heavy (non-hydrogen) atoms. The van der Waals surface area contributed by atoms with Crippen LogP contribution in [0.25, 0.3) is 0 Å². The van der Waals surface area contributed by atoms with Crippen molar-refractivity contribution in [2.45, 2.75) is 12.0 Å². The lowest BCUT2D eigenvalue weighted by molar-refractivity contribution is 0.102. The van der Waals surface area contributed by atoms with Gasteiger partial charge in [-0.1, -0.05) is 11.6 Å². The Morgan fingerprint density at radius 3 is 2.85 bits per heavy atom. The van der Waals surface area contributed by atoms with Crippen molar-refractivity contribution in [3.05, 3.63) is 76.1 Å². The minimum Gasteiger partial charge on any atom is -0.465 e. The minimum atomic E-state index is -1.15. The molecule has 11 heteroatoms. The molecule has 4 heterocycles. The Kier molecular flexibility index (Phi) is 4.83. The zero-order valence-corrected chi connectivity index (χ0v) is 17.6. The number of ether oxygens (including phenoxy) is 2. The Bertz CT molecular complexity index is 1370. The maximum atomic E-state index is 14.6. The van der Waals surface area contributed by atoms with Gasteiger partial charge in [0, 0.05) is 29.4 Å². The quantitative estimate of drug-likeness (QED) is 0.554. The highest BCUT2D eigenvalue weighted by Crippen LogP contribution is 2.53. The molecule has 1 aromatic carbocycles. The summed E-state index contributed by atoms with van der Waals surface area (Å²) in [5, 5.41) is 11.6. The number of aromatic nitrogens is 2. The highest BCUT2D eigenvalue weighted by atomic mass is 35.5. The summed E-state index contributed by atoms with van der Waals surface area (Å²) < 4.78 is 25.7. The Labute approximate surface area is 191 Å². The topological polar surface area (TPSA) is 136 Å². The Hall–Kier alpha value is -4.23. The number of hydrogen-bond acceptors (Lipinski definition) is 8. The standard InChI is InChI=1S/C22H14ClFN6O3/c23-17-8-14-18(19(24)29-17)33-16-4-2-12(7-13(16)22(14)5-6-32-21(26)30-22)28-20(31)15-3-1-11(9-25)10-27-15/h1-4,7-8,10H,5-6H2,(H2,26,30)(H,28,31)/t22-/m0/s1. The van der Waals surface area contributed by atoms with Crippen LogP contribution in [-0.2, 0) is 10.3 Å².